The first-order chi connectivity index (χ1) is 8.65. The predicted octanol–water partition coefficient (Wildman–Crippen LogP) is 0.909. The third kappa shape index (κ3) is 2.52. The molecule has 2 aliphatic rings. The maximum Gasteiger partial charge on any atom is 0.353 e. The average molecular weight is 272 g/mol. The van der Waals surface area contributed by atoms with Crippen molar-refractivity contribution in [3.05, 3.63) is 10.6 Å². The number of hydroxylamine groups is 1. The number of carbonyl (C=O) groups is 2. The van der Waals surface area contributed by atoms with Crippen LogP contribution in [0.15, 0.2) is 10.6 Å². The van der Waals surface area contributed by atoms with E-state index in [1.54, 1.807) is 7.11 Å². The highest BCUT2D eigenvalue weighted by Crippen LogP contribution is 2.47. The lowest BCUT2D eigenvalue weighted by molar-refractivity contribution is -0.145. The van der Waals surface area contributed by atoms with Gasteiger partial charge < -0.3 is 9.94 Å². The van der Waals surface area contributed by atoms with E-state index in [0.29, 0.717) is 12.8 Å². The van der Waals surface area contributed by atoms with Crippen LogP contribution in [0.2, 0.25) is 0 Å². The van der Waals surface area contributed by atoms with Crippen LogP contribution < -0.4 is 5.48 Å². The van der Waals surface area contributed by atoms with Crippen LogP contribution in [0, 0.1) is 0 Å². The van der Waals surface area contributed by atoms with Gasteiger partial charge >= 0.3 is 5.97 Å². The maximum absolute atomic E-state index is 11.4. The van der Waals surface area contributed by atoms with E-state index >= 15 is 0 Å². The van der Waals surface area contributed by atoms with Crippen molar-refractivity contribution in [2.45, 2.75) is 31.1 Å². The second-order valence-electron chi connectivity index (χ2n) is 4.17. The first kappa shape index (κ1) is 13.4. The summed E-state index contributed by atoms with van der Waals surface area (Å²) in [6.07, 6.45) is 2.95. The Labute approximate surface area is 109 Å². The van der Waals surface area contributed by atoms with Crippen molar-refractivity contribution in [2.24, 2.45) is 0 Å². The number of β-lactam (4-membered cyclic amide) rings is 1. The van der Waals surface area contributed by atoms with Gasteiger partial charge in [0.1, 0.15) is 5.70 Å². The highest BCUT2D eigenvalue weighted by atomic mass is 32.2. The van der Waals surface area contributed by atoms with Gasteiger partial charge in [0.15, 0.2) is 0 Å². The second-order valence-corrected chi connectivity index (χ2v) is 5.45. The summed E-state index contributed by atoms with van der Waals surface area (Å²) in [6.45, 7) is 0.739. The fraction of sp³-hybridized carbons (Fsp3) is 0.636. The number of unbranched alkanes of at least 4 members (excludes halogenated alkanes) is 1. The van der Waals surface area contributed by atoms with Crippen LogP contribution in [0.3, 0.4) is 0 Å². The molecular formula is C11H16N2O4S. The molecule has 0 bridgehead atoms. The number of carboxylic acids is 1. The van der Waals surface area contributed by atoms with Crippen LogP contribution in [-0.2, 0) is 14.4 Å². The van der Waals surface area contributed by atoms with Crippen LogP contribution in [0.1, 0.15) is 25.7 Å². The molecule has 18 heavy (non-hydrogen) atoms. The summed E-state index contributed by atoms with van der Waals surface area (Å²) >= 11 is 1.52. The number of amides is 1. The molecule has 0 spiro atoms. The summed E-state index contributed by atoms with van der Waals surface area (Å²) in [7, 11) is 1.56. The summed E-state index contributed by atoms with van der Waals surface area (Å²) in [5, 5.41) is 9.19. The Hall–Kier alpha value is -1.05. The Morgan fingerprint density at radius 3 is 3.00 bits per heavy atom. The summed E-state index contributed by atoms with van der Waals surface area (Å²) in [4.78, 5) is 29.5. The second kappa shape index (κ2) is 5.73. The van der Waals surface area contributed by atoms with Crippen molar-refractivity contribution in [2.75, 3.05) is 13.7 Å². The van der Waals surface area contributed by atoms with Crippen molar-refractivity contribution in [1.29, 1.82) is 0 Å². The monoisotopic (exact) mass is 272 g/mol. The number of nitrogens with one attached hydrogen (secondary N) is 1. The van der Waals surface area contributed by atoms with Crippen LogP contribution >= 0.6 is 11.8 Å². The van der Waals surface area contributed by atoms with E-state index in [-0.39, 0.29) is 17.0 Å². The number of rotatable bonds is 7. The van der Waals surface area contributed by atoms with Gasteiger partial charge in [-0.3, -0.25) is 9.69 Å². The number of carbonyl (C=O) groups excluding carboxylic acids is 1. The zero-order valence-electron chi connectivity index (χ0n) is 10.1. The molecule has 0 unspecified atom stereocenters. The van der Waals surface area contributed by atoms with Gasteiger partial charge in [0, 0.05) is 11.4 Å². The summed E-state index contributed by atoms with van der Waals surface area (Å²) in [5.74, 6) is -1.08. The Bertz CT molecular complexity index is 397. The molecule has 0 aromatic carbocycles. The number of thioether (sulfide) groups is 1. The molecule has 100 valence electrons. The van der Waals surface area contributed by atoms with Crippen molar-refractivity contribution in [3.8, 4) is 0 Å². The third-order valence-electron chi connectivity index (χ3n) is 2.97. The largest absolute Gasteiger partial charge is 0.477 e. The maximum atomic E-state index is 11.4. The molecule has 2 rings (SSSR count). The molecule has 1 atom stereocenters. The molecule has 0 aromatic rings. The Balaban J connectivity index is 1.90. The minimum Gasteiger partial charge on any atom is -0.477 e. The van der Waals surface area contributed by atoms with E-state index in [1.165, 1.54) is 16.7 Å². The average Bonchev–Trinajstić information content (AvgIpc) is 2.62. The van der Waals surface area contributed by atoms with Crippen molar-refractivity contribution in [3.63, 3.8) is 0 Å². The van der Waals surface area contributed by atoms with E-state index < -0.39 is 5.97 Å². The molecule has 7 heteroatoms. The van der Waals surface area contributed by atoms with Gasteiger partial charge in [0.25, 0.3) is 0 Å². The number of aliphatic carboxylic acids is 1. The zero-order valence-corrected chi connectivity index (χ0v) is 11.0. The lowest BCUT2D eigenvalue weighted by Gasteiger charge is -2.33. The van der Waals surface area contributed by atoms with Gasteiger partial charge in [-0.25, -0.2) is 10.3 Å². The fourth-order valence-electron chi connectivity index (χ4n) is 2.09. The quantitative estimate of drug-likeness (QED) is 0.407. The minimum atomic E-state index is -0.997. The highest BCUT2D eigenvalue weighted by Gasteiger charge is 2.47. The van der Waals surface area contributed by atoms with Crippen LogP contribution in [0.4, 0.5) is 0 Å². The summed E-state index contributed by atoms with van der Waals surface area (Å²) in [5.41, 5.74) is 2.94. The van der Waals surface area contributed by atoms with E-state index in [9.17, 15) is 9.59 Å². The molecule has 2 N–H and O–H groups in total. The van der Waals surface area contributed by atoms with E-state index in [0.717, 1.165) is 24.3 Å². The topological polar surface area (TPSA) is 78.9 Å². The molecule has 0 saturated carbocycles. The molecule has 6 nitrogen and oxygen atoms in total. The van der Waals surface area contributed by atoms with Gasteiger partial charge in [-0.15, -0.1) is 11.8 Å². The number of hydrogen-bond donors (Lipinski definition) is 2. The van der Waals surface area contributed by atoms with Gasteiger partial charge in [-0.05, 0) is 19.3 Å². The first-order valence-electron chi connectivity index (χ1n) is 5.86. The predicted molar refractivity (Wildman–Crippen MR) is 66.4 cm³/mol. The number of nitrogens with zero attached hydrogens (tertiary/aromatic N) is 1. The smallest absolute Gasteiger partial charge is 0.353 e. The number of fused-ring (bicyclic) bond motifs is 1. The Morgan fingerprint density at radius 1 is 1.61 bits per heavy atom. The highest BCUT2D eigenvalue weighted by molar-refractivity contribution is 8.04. The summed E-state index contributed by atoms with van der Waals surface area (Å²) < 4.78 is 0. The standard InChI is InChI=1S/C11H16N2O4S/c1-17-12-5-3-2-4-7-10(11(15)16)13-8(14)6-9(13)18-7/h9,12H,2-6H2,1H3,(H,15,16)/t9-/m0/s1. The SMILES string of the molecule is CONCCCCC1=C(C(=O)O)N2C(=O)C[C@@H]2S1. The van der Waals surface area contributed by atoms with Crippen molar-refractivity contribution in [1.82, 2.24) is 10.4 Å². The molecule has 0 aliphatic carbocycles. The minimum absolute atomic E-state index is 0.0238. The molecule has 2 heterocycles. The molecule has 0 aromatic heterocycles. The lowest BCUT2D eigenvalue weighted by atomic mass is 10.1. The molecular weight excluding hydrogens is 256 g/mol. The van der Waals surface area contributed by atoms with Crippen molar-refractivity contribution >= 4 is 23.6 Å². The third-order valence-corrected chi connectivity index (χ3v) is 4.30. The number of carboxylic acid groups (broad SMARTS) is 1. The summed E-state index contributed by atoms with van der Waals surface area (Å²) in [6, 6.07) is 0. The van der Waals surface area contributed by atoms with E-state index in [1.807, 2.05) is 0 Å². The molecule has 0 radical (unpaired) electrons. The molecule has 1 amide bonds. The Morgan fingerprint density at radius 2 is 2.39 bits per heavy atom. The Kier molecular flexibility index (Phi) is 4.26. The number of hydrogen-bond acceptors (Lipinski definition) is 5. The molecule has 2 aliphatic heterocycles. The lowest BCUT2D eigenvalue weighted by Crippen LogP contribution is -2.48. The van der Waals surface area contributed by atoms with Crippen LogP contribution in [0.5, 0.6) is 0 Å². The van der Waals surface area contributed by atoms with Gasteiger partial charge in [-0.1, -0.05) is 0 Å². The molecule has 1 saturated heterocycles. The van der Waals surface area contributed by atoms with Crippen LogP contribution in [0.25, 0.3) is 0 Å². The van der Waals surface area contributed by atoms with Crippen molar-refractivity contribution < 1.29 is 19.5 Å². The first-order valence-corrected chi connectivity index (χ1v) is 6.74. The fourth-order valence-corrected chi connectivity index (χ4v) is 3.53. The van der Waals surface area contributed by atoms with Gasteiger partial charge in [0.2, 0.25) is 5.91 Å². The normalized spacial score (nSPS) is 22.2. The van der Waals surface area contributed by atoms with E-state index in [2.05, 4.69) is 5.48 Å². The van der Waals surface area contributed by atoms with Gasteiger partial charge in [0.05, 0.1) is 18.9 Å². The molecule has 1 fully saturated rings. The zero-order chi connectivity index (χ0) is 13.1. The van der Waals surface area contributed by atoms with Gasteiger partial charge in [-0.2, -0.15) is 0 Å². The number of allylic oxidation sites excluding steroid dienone is 1. The van der Waals surface area contributed by atoms with E-state index in [4.69, 9.17) is 9.94 Å². The van der Waals surface area contributed by atoms with Crippen LogP contribution in [-0.4, -0.2) is 40.9 Å².